The minimum absolute atomic E-state index is 0.374. The Morgan fingerprint density at radius 3 is 2.68 bits per heavy atom. The van der Waals surface area contributed by atoms with Crippen LogP contribution in [0.2, 0.25) is 0 Å². The van der Waals surface area contributed by atoms with E-state index in [-0.39, 0.29) is 0 Å². The van der Waals surface area contributed by atoms with Crippen LogP contribution in [0.1, 0.15) is 26.2 Å². The van der Waals surface area contributed by atoms with Crippen molar-refractivity contribution in [3.8, 4) is 0 Å². The van der Waals surface area contributed by atoms with Gasteiger partial charge >= 0.3 is 0 Å². The fourth-order valence-corrected chi connectivity index (χ4v) is 2.60. The highest BCUT2D eigenvalue weighted by Gasteiger charge is 2.25. The quantitative estimate of drug-likeness (QED) is 0.765. The van der Waals surface area contributed by atoms with Crippen molar-refractivity contribution >= 4 is 5.69 Å². The van der Waals surface area contributed by atoms with Gasteiger partial charge in [0.1, 0.15) is 0 Å². The van der Waals surface area contributed by atoms with Gasteiger partial charge < -0.3 is 15.0 Å². The first-order valence-electron chi connectivity index (χ1n) is 7.42. The van der Waals surface area contributed by atoms with Gasteiger partial charge in [0, 0.05) is 25.8 Å². The van der Waals surface area contributed by atoms with Crippen LogP contribution in [0.3, 0.4) is 0 Å². The molecule has 2 rings (SSSR count). The second kappa shape index (κ2) is 7.51. The highest BCUT2D eigenvalue weighted by atomic mass is 16.5. The fourth-order valence-electron chi connectivity index (χ4n) is 2.60. The van der Waals surface area contributed by atoms with E-state index < -0.39 is 0 Å². The highest BCUT2D eigenvalue weighted by molar-refractivity contribution is 5.45. The highest BCUT2D eigenvalue weighted by Crippen LogP contribution is 2.21. The Balaban J connectivity index is 1.73. The van der Waals surface area contributed by atoms with E-state index in [2.05, 4.69) is 54.5 Å². The number of benzene rings is 1. The summed E-state index contributed by atoms with van der Waals surface area (Å²) >= 11 is 0. The van der Waals surface area contributed by atoms with E-state index in [1.807, 2.05) is 0 Å². The summed E-state index contributed by atoms with van der Waals surface area (Å²) in [6.45, 7) is 5.27. The van der Waals surface area contributed by atoms with Gasteiger partial charge in [-0.05, 0) is 37.9 Å². The number of anilines is 1. The predicted molar refractivity (Wildman–Crippen MR) is 80.8 cm³/mol. The largest absolute Gasteiger partial charge is 0.372 e. The number of nitrogens with zero attached hydrogens (tertiary/aromatic N) is 1. The van der Waals surface area contributed by atoms with Crippen molar-refractivity contribution in [2.45, 2.75) is 38.4 Å². The molecule has 3 heteroatoms. The summed E-state index contributed by atoms with van der Waals surface area (Å²) in [7, 11) is 2.14. The zero-order valence-corrected chi connectivity index (χ0v) is 12.1. The number of rotatable bonds is 7. The number of ether oxygens (including phenoxy) is 1. The van der Waals surface area contributed by atoms with E-state index in [1.165, 1.54) is 24.9 Å². The van der Waals surface area contributed by atoms with Crippen molar-refractivity contribution in [1.82, 2.24) is 5.32 Å². The van der Waals surface area contributed by atoms with Crippen LogP contribution >= 0.6 is 0 Å². The predicted octanol–water partition coefficient (Wildman–Crippen LogP) is 2.67. The Morgan fingerprint density at radius 2 is 1.95 bits per heavy atom. The number of hydrogen-bond donors (Lipinski definition) is 1. The molecule has 0 aliphatic carbocycles. The number of para-hydroxylation sites is 1. The summed E-state index contributed by atoms with van der Waals surface area (Å²) in [6, 6.07) is 10.5. The summed E-state index contributed by atoms with van der Waals surface area (Å²) < 4.78 is 6.10. The summed E-state index contributed by atoms with van der Waals surface area (Å²) in [5, 5.41) is 3.44. The molecule has 1 aliphatic heterocycles. The molecule has 3 nitrogen and oxygen atoms in total. The van der Waals surface area contributed by atoms with Crippen LogP contribution in [0.4, 0.5) is 5.69 Å². The van der Waals surface area contributed by atoms with Crippen molar-refractivity contribution < 1.29 is 4.74 Å². The van der Waals surface area contributed by atoms with Gasteiger partial charge in [-0.2, -0.15) is 0 Å². The van der Waals surface area contributed by atoms with Crippen LogP contribution in [0.15, 0.2) is 30.3 Å². The zero-order valence-electron chi connectivity index (χ0n) is 12.1. The third-order valence-corrected chi connectivity index (χ3v) is 3.67. The Morgan fingerprint density at radius 1 is 1.21 bits per heavy atom. The van der Waals surface area contributed by atoms with Crippen LogP contribution < -0.4 is 10.2 Å². The molecule has 1 N–H and O–H groups in total. The maximum atomic E-state index is 6.10. The lowest BCUT2D eigenvalue weighted by Crippen LogP contribution is -2.32. The lowest BCUT2D eigenvalue weighted by molar-refractivity contribution is 0.0501. The third-order valence-electron chi connectivity index (χ3n) is 3.67. The average molecular weight is 262 g/mol. The van der Waals surface area contributed by atoms with E-state index in [9.17, 15) is 0 Å². The van der Waals surface area contributed by atoms with Gasteiger partial charge in [-0.3, -0.25) is 0 Å². The molecule has 1 heterocycles. The minimum atomic E-state index is 0.374. The number of hydrogen-bond acceptors (Lipinski definition) is 3. The molecule has 0 spiro atoms. The molecular formula is C16H26N2O. The molecule has 0 bridgehead atoms. The first kappa shape index (κ1) is 14.4. The van der Waals surface area contributed by atoms with Gasteiger partial charge in [0.2, 0.25) is 0 Å². The molecule has 2 atom stereocenters. The topological polar surface area (TPSA) is 24.5 Å². The monoisotopic (exact) mass is 262 g/mol. The van der Waals surface area contributed by atoms with E-state index in [4.69, 9.17) is 4.74 Å². The SMILES string of the molecule is CCCNCC1CCC(CN(C)c2ccccc2)O1. The van der Waals surface area contributed by atoms with Crippen LogP contribution in [0.25, 0.3) is 0 Å². The van der Waals surface area contributed by atoms with Gasteiger partial charge in [0.15, 0.2) is 0 Å². The van der Waals surface area contributed by atoms with Gasteiger partial charge in [0.05, 0.1) is 12.2 Å². The molecule has 19 heavy (non-hydrogen) atoms. The van der Waals surface area contributed by atoms with Gasteiger partial charge in [0.25, 0.3) is 0 Å². The average Bonchev–Trinajstić information content (AvgIpc) is 2.88. The molecule has 1 saturated heterocycles. The van der Waals surface area contributed by atoms with Crippen molar-refractivity contribution in [3.05, 3.63) is 30.3 Å². The maximum absolute atomic E-state index is 6.10. The van der Waals surface area contributed by atoms with Crippen molar-refractivity contribution in [3.63, 3.8) is 0 Å². The van der Waals surface area contributed by atoms with Crippen LogP contribution in [0.5, 0.6) is 0 Å². The van der Waals surface area contributed by atoms with E-state index in [1.54, 1.807) is 0 Å². The standard InChI is InChI=1S/C16H26N2O/c1-3-11-17-12-15-9-10-16(19-15)13-18(2)14-7-5-4-6-8-14/h4-8,15-17H,3,9-13H2,1-2H3. The molecule has 1 aliphatic rings. The molecule has 106 valence electrons. The Hall–Kier alpha value is -1.06. The molecule has 0 amide bonds. The normalized spacial score (nSPS) is 22.6. The maximum Gasteiger partial charge on any atom is 0.0755 e. The summed E-state index contributed by atoms with van der Waals surface area (Å²) in [4.78, 5) is 2.28. The van der Waals surface area contributed by atoms with Gasteiger partial charge in [-0.15, -0.1) is 0 Å². The first-order chi connectivity index (χ1) is 9.29. The third kappa shape index (κ3) is 4.51. The molecule has 0 aromatic heterocycles. The zero-order chi connectivity index (χ0) is 13.5. The van der Waals surface area contributed by atoms with Gasteiger partial charge in [-0.1, -0.05) is 25.1 Å². The molecule has 2 unspecified atom stereocenters. The number of likely N-dealkylation sites (N-methyl/N-ethyl adjacent to an activating group) is 1. The van der Waals surface area contributed by atoms with Crippen molar-refractivity contribution in [2.75, 3.05) is 31.6 Å². The van der Waals surface area contributed by atoms with Crippen molar-refractivity contribution in [2.24, 2.45) is 0 Å². The molecular weight excluding hydrogens is 236 g/mol. The second-order valence-electron chi connectivity index (χ2n) is 5.38. The number of nitrogens with one attached hydrogen (secondary N) is 1. The smallest absolute Gasteiger partial charge is 0.0755 e. The molecule has 1 fully saturated rings. The van der Waals surface area contributed by atoms with Crippen LogP contribution in [-0.4, -0.2) is 38.9 Å². The summed E-state index contributed by atoms with van der Waals surface area (Å²) in [5.74, 6) is 0. The second-order valence-corrected chi connectivity index (χ2v) is 5.38. The molecule has 0 radical (unpaired) electrons. The molecule has 1 aromatic rings. The lowest BCUT2D eigenvalue weighted by atomic mass is 10.2. The first-order valence-corrected chi connectivity index (χ1v) is 7.42. The van der Waals surface area contributed by atoms with Crippen LogP contribution in [0, 0.1) is 0 Å². The lowest BCUT2D eigenvalue weighted by Gasteiger charge is -2.23. The molecule has 1 aromatic carbocycles. The minimum Gasteiger partial charge on any atom is -0.372 e. The summed E-state index contributed by atoms with van der Waals surface area (Å²) in [5.41, 5.74) is 1.26. The van der Waals surface area contributed by atoms with E-state index >= 15 is 0 Å². The Kier molecular flexibility index (Phi) is 5.67. The van der Waals surface area contributed by atoms with Crippen LogP contribution in [-0.2, 0) is 4.74 Å². The Labute approximate surface area is 116 Å². The van der Waals surface area contributed by atoms with Crippen molar-refractivity contribution in [1.29, 1.82) is 0 Å². The fraction of sp³-hybridized carbons (Fsp3) is 0.625. The van der Waals surface area contributed by atoms with E-state index in [0.717, 1.165) is 19.6 Å². The van der Waals surface area contributed by atoms with Gasteiger partial charge in [-0.25, -0.2) is 0 Å². The molecule has 0 saturated carbocycles. The Bertz CT molecular complexity index is 355. The van der Waals surface area contributed by atoms with E-state index in [0.29, 0.717) is 12.2 Å². The summed E-state index contributed by atoms with van der Waals surface area (Å²) in [6.07, 6.45) is 4.33.